The van der Waals surface area contributed by atoms with Gasteiger partial charge in [0, 0.05) is 0 Å². The van der Waals surface area contributed by atoms with Gasteiger partial charge in [-0.15, -0.1) is 11.8 Å². The van der Waals surface area contributed by atoms with Crippen LogP contribution in [0.4, 0.5) is 13.2 Å². The van der Waals surface area contributed by atoms with Gasteiger partial charge in [0.05, 0.1) is 24.3 Å². The van der Waals surface area contributed by atoms with Gasteiger partial charge in [-0.3, -0.25) is 4.79 Å². The fourth-order valence-electron chi connectivity index (χ4n) is 1.25. The highest BCUT2D eigenvalue weighted by molar-refractivity contribution is 8.00. The number of carbonyl (C=O) groups excluding carboxylic acids is 1. The fraction of sp³-hybridized carbons (Fsp3) is 0.545. The Hall–Kier alpha value is -1.15. The van der Waals surface area contributed by atoms with Crippen LogP contribution in [0.5, 0.6) is 0 Å². The number of halogens is 3. The average molecular weight is 297 g/mol. The Morgan fingerprint density at radius 2 is 2.21 bits per heavy atom. The fourth-order valence-corrected chi connectivity index (χ4v) is 1.87. The van der Waals surface area contributed by atoms with E-state index in [1.807, 2.05) is 0 Å². The highest BCUT2D eigenvalue weighted by Gasteiger charge is 2.28. The van der Waals surface area contributed by atoms with E-state index in [-0.39, 0.29) is 18.1 Å². The first-order chi connectivity index (χ1) is 8.71. The molecule has 0 fully saturated rings. The molecule has 1 aromatic rings. The molecule has 1 heterocycles. The van der Waals surface area contributed by atoms with Gasteiger partial charge in [-0.25, -0.2) is 0 Å². The van der Waals surface area contributed by atoms with Crippen LogP contribution in [0.2, 0.25) is 0 Å². The number of amides is 1. The Morgan fingerprint density at radius 1 is 1.53 bits per heavy atom. The van der Waals surface area contributed by atoms with E-state index >= 15 is 0 Å². The lowest BCUT2D eigenvalue weighted by atomic mass is 10.0. The van der Waals surface area contributed by atoms with Gasteiger partial charge in [-0.1, -0.05) is 0 Å². The molecule has 1 amide bonds. The number of hydrogen-bond acceptors (Lipinski definition) is 4. The Labute approximate surface area is 112 Å². The molecule has 1 unspecified atom stereocenters. The minimum atomic E-state index is -4.29. The lowest BCUT2D eigenvalue weighted by Crippen LogP contribution is -2.39. The zero-order chi connectivity index (χ0) is 14.5. The summed E-state index contributed by atoms with van der Waals surface area (Å²) < 4.78 is 40.6. The van der Waals surface area contributed by atoms with E-state index in [0.29, 0.717) is 11.8 Å². The molecule has 19 heavy (non-hydrogen) atoms. The molecular formula is C11H14F3NO3S. The summed E-state index contributed by atoms with van der Waals surface area (Å²) in [6.45, 7) is 1.31. The summed E-state index contributed by atoms with van der Waals surface area (Å²) in [5.74, 6) is -1.68. The van der Waals surface area contributed by atoms with E-state index in [0.717, 1.165) is 0 Å². The Bertz CT molecular complexity index is 404. The molecule has 4 nitrogen and oxygen atoms in total. The standard InChI is InChI=1S/C11H14F3NO3S/c1-10(17,8-3-2-4-18-8)6-15-9(16)5-19-7-11(12,13)14/h2-4,17H,5-7H2,1H3,(H,15,16). The second kappa shape index (κ2) is 6.33. The number of nitrogens with one attached hydrogen (secondary N) is 1. The van der Waals surface area contributed by atoms with Crippen molar-refractivity contribution in [3.8, 4) is 0 Å². The third-order valence-electron chi connectivity index (χ3n) is 2.18. The number of furan rings is 1. The summed E-state index contributed by atoms with van der Waals surface area (Å²) in [5, 5.41) is 12.3. The largest absolute Gasteiger partial charge is 0.466 e. The second-order valence-electron chi connectivity index (χ2n) is 4.14. The maximum Gasteiger partial charge on any atom is 0.397 e. The van der Waals surface area contributed by atoms with Crippen molar-refractivity contribution in [2.24, 2.45) is 0 Å². The van der Waals surface area contributed by atoms with Crippen molar-refractivity contribution in [1.82, 2.24) is 5.32 Å². The maximum absolute atomic E-state index is 11.9. The molecule has 0 saturated carbocycles. The summed E-state index contributed by atoms with van der Waals surface area (Å²) in [4.78, 5) is 11.3. The first-order valence-electron chi connectivity index (χ1n) is 5.38. The molecule has 1 rings (SSSR count). The summed E-state index contributed by atoms with van der Waals surface area (Å²) in [6, 6.07) is 3.13. The van der Waals surface area contributed by atoms with Crippen LogP contribution in [0.15, 0.2) is 22.8 Å². The van der Waals surface area contributed by atoms with Crippen molar-refractivity contribution >= 4 is 17.7 Å². The lowest BCUT2D eigenvalue weighted by Gasteiger charge is -2.21. The van der Waals surface area contributed by atoms with Crippen LogP contribution in [0, 0.1) is 0 Å². The van der Waals surface area contributed by atoms with Crippen LogP contribution in [0.25, 0.3) is 0 Å². The van der Waals surface area contributed by atoms with Gasteiger partial charge >= 0.3 is 6.18 Å². The van der Waals surface area contributed by atoms with Gasteiger partial charge in [0.15, 0.2) is 0 Å². The summed E-state index contributed by atoms with van der Waals surface area (Å²) in [5.41, 5.74) is -1.39. The van der Waals surface area contributed by atoms with E-state index in [2.05, 4.69) is 5.32 Å². The smallest absolute Gasteiger partial charge is 0.397 e. The molecule has 0 aliphatic rings. The van der Waals surface area contributed by atoms with Gasteiger partial charge < -0.3 is 14.8 Å². The predicted octanol–water partition coefficient (Wildman–Crippen LogP) is 1.90. The van der Waals surface area contributed by atoms with E-state index in [1.54, 1.807) is 12.1 Å². The van der Waals surface area contributed by atoms with E-state index in [4.69, 9.17) is 4.42 Å². The SMILES string of the molecule is CC(O)(CNC(=O)CSCC(F)(F)F)c1ccco1. The third-order valence-corrected chi connectivity index (χ3v) is 3.18. The van der Waals surface area contributed by atoms with Gasteiger partial charge in [0.2, 0.25) is 5.91 Å². The average Bonchev–Trinajstić information content (AvgIpc) is 2.78. The lowest BCUT2D eigenvalue weighted by molar-refractivity contribution is -0.119. The summed E-state index contributed by atoms with van der Waals surface area (Å²) >= 11 is 0.474. The van der Waals surface area contributed by atoms with Crippen LogP contribution in [-0.4, -0.2) is 35.2 Å². The molecule has 0 aromatic carbocycles. The Kier molecular flexibility index (Phi) is 5.30. The molecule has 8 heteroatoms. The highest BCUT2D eigenvalue weighted by atomic mass is 32.2. The first kappa shape index (κ1) is 15.9. The monoisotopic (exact) mass is 297 g/mol. The normalized spacial score (nSPS) is 15.0. The zero-order valence-electron chi connectivity index (χ0n) is 10.2. The van der Waals surface area contributed by atoms with Crippen LogP contribution < -0.4 is 5.32 Å². The van der Waals surface area contributed by atoms with Gasteiger partial charge in [-0.05, 0) is 19.1 Å². The number of thioether (sulfide) groups is 1. The molecular weight excluding hydrogens is 283 g/mol. The van der Waals surface area contributed by atoms with Crippen molar-refractivity contribution < 1.29 is 27.5 Å². The van der Waals surface area contributed by atoms with E-state index in [1.165, 1.54) is 13.2 Å². The molecule has 1 aromatic heterocycles. The first-order valence-corrected chi connectivity index (χ1v) is 6.54. The van der Waals surface area contributed by atoms with Crippen molar-refractivity contribution in [3.63, 3.8) is 0 Å². The van der Waals surface area contributed by atoms with Gasteiger partial charge in [0.1, 0.15) is 11.4 Å². The minimum Gasteiger partial charge on any atom is -0.466 e. The van der Waals surface area contributed by atoms with Crippen molar-refractivity contribution in [1.29, 1.82) is 0 Å². The molecule has 1 atom stereocenters. The Balaban J connectivity index is 2.30. The molecule has 0 bridgehead atoms. The van der Waals surface area contributed by atoms with Crippen molar-refractivity contribution in [3.05, 3.63) is 24.2 Å². The molecule has 0 saturated heterocycles. The zero-order valence-corrected chi connectivity index (χ0v) is 11.0. The van der Waals surface area contributed by atoms with Crippen LogP contribution in [0.3, 0.4) is 0 Å². The molecule has 108 valence electrons. The van der Waals surface area contributed by atoms with Crippen molar-refractivity contribution in [2.45, 2.75) is 18.7 Å². The van der Waals surface area contributed by atoms with Crippen LogP contribution in [0.1, 0.15) is 12.7 Å². The molecule has 0 aliphatic carbocycles. The quantitative estimate of drug-likeness (QED) is 0.842. The van der Waals surface area contributed by atoms with Crippen LogP contribution >= 0.6 is 11.8 Å². The molecule has 2 N–H and O–H groups in total. The molecule has 0 aliphatic heterocycles. The van der Waals surface area contributed by atoms with E-state index in [9.17, 15) is 23.1 Å². The van der Waals surface area contributed by atoms with Gasteiger partial charge in [0.25, 0.3) is 0 Å². The second-order valence-corrected chi connectivity index (χ2v) is 5.12. The number of alkyl halides is 3. The van der Waals surface area contributed by atoms with Gasteiger partial charge in [-0.2, -0.15) is 13.2 Å². The molecule has 0 spiro atoms. The maximum atomic E-state index is 11.9. The number of hydrogen-bond donors (Lipinski definition) is 2. The van der Waals surface area contributed by atoms with E-state index < -0.39 is 23.4 Å². The predicted molar refractivity (Wildman–Crippen MR) is 64.7 cm³/mol. The minimum absolute atomic E-state index is 0.133. The number of carbonyl (C=O) groups is 1. The summed E-state index contributed by atoms with van der Waals surface area (Å²) in [7, 11) is 0. The molecule has 0 radical (unpaired) electrons. The van der Waals surface area contributed by atoms with Crippen molar-refractivity contribution in [2.75, 3.05) is 18.1 Å². The Morgan fingerprint density at radius 3 is 2.74 bits per heavy atom. The highest BCUT2D eigenvalue weighted by Crippen LogP contribution is 2.21. The summed E-state index contributed by atoms with van der Waals surface area (Å²) in [6.07, 6.45) is -2.91. The number of rotatable bonds is 6. The van der Waals surface area contributed by atoms with Crippen LogP contribution in [-0.2, 0) is 10.4 Å². The third kappa shape index (κ3) is 6.02. The number of aliphatic hydroxyl groups is 1. The topological polar surface area (TPSA) is 62.5 Å².